The van der Waals surface area contributed by atoms with Crippen molar-refractivity contribution in [2.24, 2.45) is 0 Å². The minimum absolute atomic E-state index is 0.0597. The summed E-state index contributed by atoms with van der Waals surface area (Å²) < 4.78 is 7.89. The highest BCUT2D eigenvalue weighted by molar-refractivity contribution is 8.00. The number of hydrogen-bond acceptors (Lipinski definition) is 7. The molecule has 0 spiro atoms. The van der Waals surface area contributed by atoms with Crippen molar-refractivity contribution in [3.8, 4) is 0 Å². The number of anilines is 1. The molecule has 1 atom stereocenters. The van der Waals surface area contributed by atoms with Gasteiger partial charge in [0.2, 0.25) is 5.95 Å². The molecule has 0 aliphatic carbocycles. The van der Waals surface area contributed by atoms with E-state index >= 15 is 0 Å². The maximum absolute atomic E-state index is 6.49. The van der Waals surface area contributed by atoms with Crippen LogP contribution in [0.15, 0.2) is 58.4 Å². The summed E-state index contributed by atoms with van der Waals surface area (Å²) in [6.45, 7) is 5.92. The van der Waals surface area contributed by atoms with Crippen molar-refractivity contribution in [3.63, 3.8) is 0 Å². The van der Waals surface area contributed by atoms with Gasteiger partial charge in [-0.05, 0) is 35.1 Å². The van der Waals surface area contributed by atoms with Gasteiger partial charge in [-0.2, -0.15) is 0 Å². The molecule has 5 nitrogen and oxygen atoms in total. The standard InChI is InChI=1S/C23H26N4OS2/c1-2-6-19-18(5-1)17-30-22-20(7-16-29-22)21(19)28-15-4-10-26-11-13-27(14-12-26)23-24-8-3-9-25-23/h1-3,5-9,16,21H,4,10-15,17H2. The third-order valence-electron chi connectivity index (χ3n) is 5.75. The van der Waals surface area contributed by atoms with Crippen molar-refractivity contribution in [3.05, 3.63) is 70.9 Å². The summed E-state index contributed by atoms with van der Waals surface area (Å²) in [6, 6.07) is 12.8. The van der Waals surface area contributed by atoms with Crippen molar-refractivity contribution in [1.29, 1.82) is 0 Å². The van der Waals surface area contributed by atoms with E-state index in [1.54, 1.807) is 0 Å². The lowest BCUT2D eigenvalue weighted by atomic mass is 9.99. The fourth-order valence-electron chi connectivity index (χ4n) is 4.14. The van der Waals surface area contributed by atoms with E-state index < -0.39 is 0 Å². The van der Waals surface area contributed by atoms with Gasteiger partial charge in [-0.1, -0.05) is 24.3 Å². The predicted molar refractivity (Wildman–Crippen MR) is 123 cm³/mol. The van der Waals surface area contributed by atoms with Crippen LogP contribution in [0.2, 0.25) is 0 Å². The molecular formula is C23H26N4OS2. The van der Waals surface area contributed by atoms with Crippen LogP contribution in [0.25, 0.3) is 0 Å². The summed E-state index contributed by atoms with van der Waals surface area (Å²) in [7, 11) is 0. The van der Waals surface area contributed by atoms with E-state index in [1.165, 1.54) is 20.9 Å². The van der Waals surface area contributed by atoms with Crippen molar-refractivity contribution in [2.45, 2.75) is 22.5 Å². The van der Waals surface area contributed by atoms with E-state index in [2.05, 4.69) is 55.5 Å². The highest BCUT2D eigenvalue weighted by Crippen LogP contribution is 2.43. The summed E-state index contributed by atoms with van der Waals surface area (Å²) >= 11 is 3.77. The molecule has 0 radical (unpaired) electrons. The normalized spacial score (nSPS) is 19.2. The van der Waals surface area contributed by atoms with Crippen LogP contribution in [0.4, 0.5) is 5.95 Å². The van der Waals surface area contributed by atoms with E-state index in [1.807, 2.05) is 41.6 Å². The smallest absolute Gasteiger partial charge is 0.225 e. The van der Waals surface area contributed by atoms with Gasteiger partial charge in [0.1, 0.15) is 6.10 Å². The molecule has 0 saturated carbocycles. The Morgan fingerprint density at radius 3 is 2.67 bits per heavy atom. The van der Waals surface area contributed by atoms with Crippen LogP contribution in [0, 0.1) is 0 Å². The topological polar surface area (TPSA) is 41.5 Å². The first kappa shape index (κ1) is 20.0. The van der Waals surface area contributed by atoms with Crippen LogP contribution in [-0.2, 0) is 10.5 Å². The molecule has 2 aromatic heterocycles. The summed E-state index contributed by atoms with van der Waals surface area (Å²) in [5.41, 5.74) is 4.07. The minimum Gasteiger partial charge on any atom is -0.369 e. The van der Waals surface area contributed by atoms with Gasteiger partial charge >= 0.3 is 0 Å². The second-order valence-electron chi connectivity index (χ2n) is 7.63. The first-order valence-electron chi connectivity index (χ1n) is 10.5. The fraction of sp³-hybridized carbons (Fsp3) is 0.391. The Bertz CT molecular complexity index is 957. The summed E-state index contributed by atoms with van der Waals surface area (Å²) in [4.78, 5) is 13.5. The maximum atomic E-state index is 6.49. The number of fused-ring (bicyclic) bond motifs is 2. The Balaban J connectivity index is 1.14. The van der Waals surface area contributed by atoms with Gasteiger partial charge < -0.3 is 9.64 Å². The summed E-state index contributed by atoms with van der Waals surface area (Å²) in [6.07, 6.45) is 4.74. The first-order chi connectivity index (χ1) is 14.9. The lowest BCUT2D eigenvalue weighted by Crippen LogP contribution is -2.47. The van der Waals surface area contributed by atoms with Gasteiger partial charge in [0.15, 0.2) is 0 Å². The Morgan fingerprint density at radius 1 is 0.967 bits per heavy atom. The SMILES string of the molecule is c1cnc(N2CCN(CCCOC3c4ccccc4CSc4sccc43)CC2)nc1. The fourth-order valence-corrected chi connectivity index (χ4v) is 6.30. The van der Waals surface area contributed by atoms with Crippen molar-refractivity contribution >= 4 is 29.0 Å². The van der Waals surface area contributed by atoms with Crippen LogP contribution >= 0.6 is 23.1 Å². The average Bonchev–Trinajstić information content (AvgIpc) is 3.22. The van der Waals surface area contributed by atoms with E-state index in [9.17, 15) is 0 Å². The molecule has 5 rings (SSSR count). The second-order valence-corrected chi connectivity index (χ2v) is 9.79. The lowest BCUT2D eigenvalue weighted by Gasteiger charge is -2.34. The molecule has 3 aromatic rings. The number of nitrogens with zero attached hydrogens (tertiary/aromatic N) is 4. The van der Waals surface area contributed by atoms with E-state index in [4.69, 9.17) is 4.74 Å². The molecule has 156 valence electrons. The Labute approximate surface area is 186 Å². The zero-order chi connectivity index (χ0) is 20.2. The second kappa shape index (κ2) is 9.47. The van der Waals surface area contributed by atoms with Crippen LogP contribution in [-0.4, -0.2) is 54.2 Å². The average molecular weight is 439 g/mol. The monoisotopic (exact) mass is 438 g/mol. The molecule has 1 unspecified atom stereocenters. The molecule has 0 amide bonds. The number of thiophene rings is 1. The van der Waals surface area contributed by atoms with Gasteiger partial charge in [0.05, 0.1) is 4.21 Å². The lowest BCUT2D eigenvalue weighted by molar-refractivity contribution is 0.0698. The highest BCUT2D eigenvalue weighted by atomic mass is 32.2. The van der Waals surface area contributed by atoms with Gasteiger partial charge in [0.25, 0.3) is 0 Å². The number of thioether (sulfide) groups is 1. The van der Waals surface area contributed by atoms with E-state index in [0.29, 0.717) is 0 Å². The third-order valence-corrected chi connectivity index (χ3v) is 8.07. The molecule has 2 aliphatic rings. The first-order valence-corrected chi connectivity index (χ1v) is 12.4. The maximum Gasteiger partial charge on any atom is 0.225 e. The van der Waals surface area contributed by atoms with Gasteiger partial charge in [0, 0.05) is 63.0 Å². The number of aromatic nitrogens is 2. The Morgan fingerprint density at radius 2 is 1.80 bits per heavy atom. The van der Waals surface area contributed by atoms with Gasteiger partial charge in [-0.3, -0.25) is 4.90 Å². The minimum atomic E-state index is 0.0597. The van der Waals surface area contributed by atoms with Gasteiger partial charge in [-0.15, -0.1) is 23.1 Å². The van der Waals surface area contributed by atoms with Crippen LogP contribution in [0.1, 0.15) is 29.2 Å². The highest BCUT2D eigenvalue weighted by Gasteiger charge is 2.25. The predicted octanol–water partition coefficient (Wildman–Crippen LogP) is 4.46. The van der Waals surface area contributed by atoms with Crippen molar-refractivity contribution < 1.29 is 4.74 Å². The molecule has 7 heteroatoms. The zero-order valence-electron chi connectivity index (χ0n) is 16.9. The third kappa shape index (κ3) is 4.39. The molecule has 0 N–H and O–H groups in total. The van der Waals surface area contributed by atoms with Gasteiger partial charge in [-0.25, -0.2) is 9.97 Å². The van der Waals surface area contributed by atoms with Crippen LogP contribution in [0.3, 0.4) is 0 Å². The molecule has 1 fully saturated rings. The molecule has 0 bridgehead atoms. The summed E-state index contributed by atoms with van der Waals surface area (Å²) in [5, 5.41) is 2.19. The van der Waals surface area contributed by atoms with Crippen molar-refractivity contribution in [1.82, 2.24) is 14.9 Å². The number of rotatable bonds is 6. The number of benzene rings is 1. The molecule has 30 heavy (non-hydrogen) atoms. The van der Waals surface area contributed by atoms with Crippen molar-refractivity contribution in [2.75, 3.05) is 44.2 Å². The molecule has 1 saturated heterocycles. The zero-order valence-corrected chi connectivity index (χ0v) is 18.6. The van der Waals surface area contributed by atoms with E-state index in [0.717, 1.165) is 57.5 Å². The molecule has 4 heterocycles. The number of hydrogen-bond donors (Lipinski definition) is 0. The summed E-state index contributed by atoms with van der Waals surface area (Å²) in [5.74, 6) is 1.87. The van der Waals surface area contributed by atoms with Crippen LogP contribution in [0.5, 0.6) is 0 Å². The number of ether oxygens (including phenoxy) is 1. The quantitative estimate of drug-likeness (QED) is 0.529. The molecule has 1 aromatic carbocycles. The molecule has 2 aliphatic heterocycles. The van der Waals surface area contributed by atoms with Crippen LogP contribution < -0.4 is 4.90 Å². The largest absolute Gasteiger partial charge is 0.369 e. The van der Waals surface area contributed by atoms with E-state index in [-0.39, 0.29) is 6.10 Å². The Hall–Kier alpha value is -1.93. The number of piperazine rings is 1. The molecular weight excluding hydrogens is 412 g/mol. The Kier molecular flexibility index (Phi) is 6.32.